The van der Waals surface area contributed by atoms with Gasteiger partial charge in [0.05, 0.1) is 56.3 Å². The van der Waals surface area contributed by atoms with Crippen LogP contribution in [0, 0.1) is 194 Å². The van der Waals surface area contributed by atoms with Crippen LogP contribution in [0.15, 0.2) is 26.9 Å². The van der Waals surface area contributed by atoms with E-state index in [2.05, 4.69) is 98.1 Å². The summed E-state index contributed by atoms with van der Waals surface area (Å²) in [5.41, 5.74) is 16.2. The van der Waals surface area contributed by atoms with Crippen molar-refractivity contribution in [3.8, 4) is 0 Å². The number of hydrogen-bond acceptors (Lipinski definition) is 22. The Morgan fingerprint density at radius 1 is 0.282 bits per heavy atom. The standard InChI is InChI=1S/5C6H9NO.3C6H9NS.C4H6N2O.C4H6N2S/c3*1-4-5(2)8-6(3)7-4;2*1-4-5(2)7-8-6(4)3;1-4-5(2)8-6(3)7-4;2*1-4-5(2)7-8-6(4)3;1-3-4(2)6-7-5-3;1-3-4(2)7-6-5-3/h8*1-3H3;2*1-2H3. The van der Waals surface area contributed by atoms with Crippen LogP contribution in [0.1, 0.15) is 156 Å². The van der Waals surface area contributed by atoms with Crippen LogP contribution < -0.4 is 0 Å². The van der Waals surface area contributed by atoms with Gasteiger partial charge in [-0.2, -0.15) is 8.75 Å². The second-order valence-electron chi connectivity index (χ2n) is 18.1. The van der Waals surface area contributed by atoms with Gasteiger partial charge in [0.15, 0.2) is 17.7 Å². The van der Waals surface area contributed by atoms with Crippen LogP contribution in [0.5, 0.6) is 0 Å². The van der Waals surface area contributed by atoms with Gasteiger partial charge < -0.3 is 22.3 Å². The average molecular weight is 1150 g/mol. The van der Waals surface area contributed by atoms with Crippen LogP contribution in [0.4, 0.5) is 0 Å². The van der Waals surface area contributed by atoms with Gasteiger partial charge in [-0.05, 0) is 219 Å². The summed E-state index contributed by atoms with van der Waals surface area (Å²) in [5, 5.41) is 19.5. The molecule has 428 valence electrons. The van der Waals surface area contributed by atoms with E-state index in [1.54, 1.807) is 34.4 Å². The van der Waals surface area contributed by atoms with Crippen molar-refractivity contribution in [2.75, 3.05) is 0 Å². The molecule has 0 aliphatic heterocycles. The first-order valence-corrected chi connectivity index (χ1v) is 28.1. The molecule has 0 amide bonds. The first-order chi connectivity index (χ1) is 36.3. The Morgan fingerprint density at radius 2 is 0.641 bits per heavy atom. The van der Waals surface area contributed by atoms with Crippen LogP contribution in [0.25, 0.3) is 0 Å². The van der Waals surface area contributed by atoms with Gasteiger partial charge in [0, 0.05) is 51.4 Å². The van der Waals surface area contributed by atoms with E-state index in [1.165, 1.54) is 64.3 Å². The summed E-state index contributed by atoms with van der Waals surface area (Å²) in [6.45, 7) is 55.1. The maximum absolute atomic E-state index is 5.10. The Balaban J connectivity index is 0.000000433. The lowest BCUT2D eigenvalue weighted by Gasteiger charge is -1.83. The van der Waals surface area contributed by atoms with Gasteiger partial charge in [0.25, 0.3) is 0 Å². The molecule has 22 heteroatoms. The minimum Gasteiger partial charge on any atom is -0.446 e. The molecule has 10 rings (SSSR count). The second-order valence-corrected chi connectivity index (χ2v) is 22.5. The van der Waals surface area contributed by atoms with Crippen molar-refractivity contribution in [3.05, 3.63) is 156 Å². The molecule has 10 aromatic heterocycles. The quantitative estimate of drug-likeness (QED) is 0.137. The number of aromatic nitrogens is 12. The third kappa shape index (κ3) is 25.4. The lowest BCUT2D eigenvalue weighted by atomic mass is 10.2. The molecule has 0 aliphatic carbocycles. The van der Waals surface area contributed by atoms with Crippen molar-refractivity contribution in [2.45, 2.75) is 194 Å². The maximum Gasteiger partial charge on any atom is 0.191 e. The highest BCUT2D eigenvalue weighted by Crippen LogP contribution is 2.17. The molecule has 78 heavy (non-hydrogen) atoms. The number of hydrogen-bond donors (Lipinski definition) is 0. The number of thiazole rings is 1. The van der Waals surface area contributed by atoms with Crippen molar-refractivity contribution in [3.63, 3.8) is 0 Å². The average Bonchev–Trinajstić information content (AvgIpc) is 4.32. The molecule has 10 heterocycles. The van der Waals surface area contributed by atoms with Gasteiger partial charge in [0.2, 0.25) is 0 Å². The van der Waals surface area contributed by atoms with Gasteiger partial charge in [-0.3, -0.25) is 0 Å². The van der Waals surface area contributed by atoms with E-state index in [4.69, 9.17) is 22.3 Å². The van der Waals surface area contributed by atoms with Crippen molar-refractivity contribution in [1.82, 2.24) is 58.9 Å². The molecule has 0 saturated heterocycles. The Hall–Kier alpha value is -6.36. The zero-order valence-corrected chi connectivity index (χ0v) is 54.7. The van der Waals surface area contributed by atoms with E-state index in [1.807, 2.05) is 159 Å². The molecule has 10 aromatic rings. The summed E-state index contributed by atoms with van der Waals surface area (Å²) in [6, 6.07) is 0. The molecule has 0 saturated carbocycles. The predicted octanol–water partition coefficient (Wildman–Crippen LogP) is 16.0. The fourth-order valence-electron chi connectivity index (χ4n) is 5.20. The highest BCUT2D eigenvalue weighted by atomic mass is 32.1. The Kier molecular flexibility index (Phi) is 30.8. The first-order valence-electron chi connectivity index (χ1n) is 25.0. The zero-order chi connectivity index (χ0) is 59.7. The number of nitrogens with zero attached hydrogens (tertiary/aromatic N) is 12. The van der Waals surface area contributed by atoms with Crippen molar-refractivity contribution in [2.24, 2.45) is 0 Å². The zero-order valence-electron chi connectivity index (χ0n) is 51.4. The summed E-state index contributed by atoms with van der Waals surface area (Å²) in [5.74, 6) is 6.84. The topological polar surface area (TPSA) is 234 Å². The third-order valence-electron chi connectivity index (χ3n) is 11.9. The van der Waals surface area contributed by atoms with Crippen molar-refractivity contribution >= 4 is 45.9 Å². The molecule has 0 atom stereocenters. The normalized spacial score (nSPS) is 9.79. The maximum atomic E-state index is 5.10. The highest BCUT2D eigenvalue weighted by Gasteiger charge is 2.03. The molecular weight excluding hydrogens is 1060 g/mol. The van der Waals surface area contributed by atoms with Gasteiger partial charge in [-0.1, -0.05) is 25.1 Å². The fourth-order valence-corrected chi connectivity index (χ4v) is 7.87. The summed E-state index contributed by atoms with van der Waals surface area (Å²) >= 11 is 6.36. The van der Waals surface area contributed by atoms with Crippen LogP contribution in [-0.2, 0) is 0 Å². The highest BCUT2D eigenvalue weighted by molar-refractivity contribution is 7.11. The van der Waals surface area contributed by atoms with Crippen LogP contribution in [-0.4, -0.2) is 58.9 Å². The minimum atomic E-state index is 0.750. The number of aryl methyl sites for hydroxylation is 24. The minimum absolute atomic E-state index is 0.750. The number of rotatable bonds is 0. The predicted molar refractivity (Wildman–Crippen MR) is 316 cm³/mol. The van der Waals surface area contributed by atoms with Crippen molar-refractivity contribution in [1.29, 1.82) is 0 Å². The van der Waals surface area contributed by atoms with E-state index in [0.717, 1.165) is 103 Å². The monoisotopic (exact) mass is 1150 g/mol. The molecule has 0 aliphatic rings. The van der Waals surface area contributed by atoms with Crippen molar-refractivity contribution < 1.29 is 26.9 Å². The second kappa shape index (κ2) is 34.5. The first kappa shape index (κ1) is 69.7. The molecule has 18 nitrogen and oxygen atoms in total. The fraction of sp³-hybridized carbons (Fsp3) is 0.500. The third-order valence-corrected chi connectivity index (χ3v) is 15.5. The van der Waals surface area contributed by atoms with Crippen LogP contribution in [0.3, 0.4) is 0 Å². The molecule has 0 unspecified atom stereocenters. The van der Waals surface area contributed by atoms with E-state index >= 15 is 0 Å². The van der Waals surface area contributed by atoms with Gasteiger partial charge in [-0.25, -0.2) is 24.6 Å². The summed E-state index contributed by atoms with van der Waals surface area (Å²) in [7, 11) is 0. The Morgan fingerprint density at radius 3 is 0.718 bits per heavy atom. The molecule has 0 aromatic carbocycles. The van der Waals surface area contributed by atoms with E-state index in [9.17, 15) is 0 Å². The van der Waals surface area contributed by atoms with E-state index in [-0.39, 0.29) is 0 Å². The van der Waals surface area contributed by atoms with Gasteiger partial charge >= 0.3 is 0 Å². The Labute approximate surface area is 478 Å². The van der Waals surface area contributed by atoms with Crippen LogP contribution >= 0.6 is 45.9 Å². The van der Waals surface area contributed by atoms with Crippen LogP contribution in [0.2, 0.25) is 0 Å². The smallest absolute Gasteiger partial charge is 0.191 e. The summed E-state index contributed by atoms with van der Waals surface area (Å²) in [4.78, 5) is 21.6. The molecule has 0 fully saturated rings. The molecule has 0 N–H and O–H groups in total. The molecule has 0 radical (unpaired) electrons. The molecule has 0 spiro atoms. The lowest BCUT2D eigenvalue weighted by Crippen LogP contribution is -1.73. The molecular formula is C56H84N12O6S4. The summed E-state index contributed by atoms with van der Waals surface area (Å²) in [6.07, 6.45) is 0. The largest absolute Gasteiger partial charge is 0.446 e. The summed E-state index contributed by atoms with van der Waals surface area (Å²) < 4.78 is 41.4. The Bertz CT molecular complexity index is 2700. The van der Waals surface area contributed by atoms with E-state index < -0.39 is 0 Å². The van der Waals surface area contributed by atoms with Gasteiger partial charge in [0.1, 0.15) is 40.2 Å². The number of oxazole rings is 3. The SMILES string of the molecule is Cc1nc(C)c(C)o1.Cc1nc(C)c(C)o1.Cc1nc(C)c(C)o1.Cc1nc(C)c(C)s1.Cc1nnsc1C.Cc1noc(C)c1C.Cc1noc(C)c1C.Cc1nonc1C.Cc1nsc(C)c1C.Cc1nsc(C)c1C. The lowest BCUT2D eigenvalue weighted by molar-refractivity contribution is 0.302. The van der Waals surface area contributed by atoms with Gasteiger partial charge in [-0.15, -0.1) is 16.4 Å². The van der Waals surface area contributed by atoms with E-state index in [0.29, 0.717) is 0 Å². The molecule has 0 bridgehead atoms.